The van der Waals surface area contributed by atoms with Gasteiger partial charge in [-0.2, -0.15) is 13.2 Å². The van der Waals surface area contributed by atoms with E-state index in [0.717, 1.165) is 11.5 Å². The highest BCUT2D eigenvalue weighted by Gasteiger charge is 1.86. The summed E-state index contributed by atoms with van der Waals surface area (Å²) in [7, 11) is 0. The smallest absolute Gasteiger partial charge is 0.346 e. The molecule has 64 valence electrons. The predicted octanol–water partition coefficient (Wildman–Crippen LogP) is 2.21. The van der Waals surface area contributed by atoms with Crippen LogP contribution in [0.1, 0.15) is 11.5 Å². The average molecular weight is 166 g/mol. The van der Waals surface area contributed by atoms with Gasteiger partial charge in [-0.05, 0) is 13.8 Å². The van der Waals surface area contributed by atoms with Gasteiger partial charge in [0.1, 0.15) is 5.82 Å². The number of halogens is 3. The molecular weight excluding hydrogens is 157 g/mol. The fraction of sp³-hybridized carbons (Fsp3) is 0.500. The monoisotopic (exact) mass is 166 g/mol. The largest absolute Gasteiger partial charge is 0.379 e. The minimum absolute atomic E-state index is 0.984. The number of alkyl halides is 3. The molecule has 1 N–H and O–H groups in total. The van der Waals surface area contributed by atoms with Crippen LogP contribution in [0, 0.1) is 13.8 Å². The van der Waals surface area contributed by atoms with Gasteiger partial charge in [0, 0.05) is 11.9 Å². The quantitative estimate of drug-likeness (QED) is 0.628. The molecule has 0 amide bonds. The van der Waals surface area contributed by atoms with Crippen LogP contribution in [-0.2, 0) is 0 Å². The lowest BCUT2D eigenvalue weighted by molar-refractivity contribution is 0.00819. The van der Waals surface area contributed by atoms with E-state index in [1.165, 1.54) is 0 Å². The molecule has 0 aromatic carbocycles. The number of hydrogen-bond acceptors (Lipinski definition) is 1. The average Bonchev–Trinajstić information content (AvgIpc) is 2.13. The third kappa shape index (κ3) is 6.89. The van der Waals surface area contributed by atoms with Crippen LogP contribution in [0.15, 0.2) is 6.20 Å². The van der Waals surface area contributed by atoms with Crippen molar-refractivity contribution in [3.63, 3.8) is 0 Å². The Morgan fingerprint density at radius 3 is 1.91 bits per heavy atom. The lowest BCUT2D eigenvalue weighted by Gasteiger charge is -1.74. The Kier molecular flexibility index (Phi) is 4.33. The molecular formula is C6H9F3N2. The van der Waals surface area contributed by atoms with Crippen LogP contribution >= 0.6 is 0 Å². The molecule has 5 heteroatoms. The van der Waals surface area contributed by atoms with Crippen LogP contribution in [0.5, 0.6) is 0 Å². The number of H-pyrrole nitrogens is 1. The lowest BCUT2D eigenvalue weighted by atomic mass is 10.6. The third-order valence-corrected chi connectivity index (χ3v) is 0.830. The Morgan fingerprint density at radius 2 is 1.82 bits per heavy atom. The van der Waals surface area contributed by atoms with Crippen molar-refractivity contribution in [2.45, 2.75) is 20.5 Å². The normalized spacial score (nSPS) is 9.27. The zero-order valence-electron chi connectivity index (χ0n) is 6.24. The number of rotatable bonds is 0. The van der Waals surface area contributed by atoms with Crippen LogP contribution in [0.3, 0.4) is 0 Å². The second-order valence-corrected chi connectivity index (χ2v) is 1.90. The summed E-state index contributed by atoms with van der Waals surface area (Å²) in [6, 6.07) is 0. The Bertz CT molecular complexity index is 178. The maximum absolute atomic E-state index is 9.67. The first-order valence-corrected chi connectivity index (χ1v) is 2.93. The van der Waals surface area contributed by atoms with Gasteiger partial charge < -0.3 is 4.98 Å². The molecule has 0 aliphatic carbocycles. The molecule has 1 aromatic heterocycles. The number of aromatic nitrogens is 2. The third-order valence-electron chi connectivity index (χ3n) is 0.830. The fourth-order valence-electron chi connectivity index (χ4n) is 0.544. The van der Waals surface area contributed by atoms with Gasteiger partial charge in [-0.15, -0.1) is 0 Å². The molecule has 0 saturated carbocycles. The van der Waals surface area contributed by atoms with Crippen LogP contribution < -0.4 is 0 Å². The Labute approximate surface area is 62.5 Å². The minimum Gasteiger partial charge on any atom is -0.346 e. The summed E-state index contributed by atoms with van der Waals surface area (Å²) in [6.07, 6.45) is 1.81. The van der Waals surface area contributed by atoms with Crippen molar-refractivity contribution in [1.29, 1.82) is 0 Å². The number of aryl methyl sites for hydroxylation is 2. The van der Waals surface area contributed by atoms with E-state index in [0.29, 0.717) is 0 Å². The molecule has 0 atom stereocenters. The van der Waals surface area contributed by atoms with Crippen LogP contribution in [-0.4, -0.2) is 16.6 Å². The van der Waals surface area contributed by atoms with E-state index in [2.05, 4.69) is 9.97 Å². The molecule has 1 aromatic rings. The second-order valence-electron chi connectivity index (χ2n) is 1.90. The Hall–Kier alpha value is -1.00. The molecule has 0 unspecified atom stereocenters. The van der Waals surface area contributed by atoms with Gasteiger partial charge in [-0.1, -0.05) is 0 Å². The van der Waals surface area contributed by atoms with Crippen LogP contribution in [0.2, 0.25) is 0 Å². The summed E-state index contributed by atoms with van der Waals surface area (Å²) in [5.74, 6) is 0.984. The summed E-state index contributed by atoms with van der Waals surface area (Å²) in [4.78, 5) is 6.99. The van der Waals surface area contributed by atoms with Crippen molar-refractivity contribution in [2.75, 3.05) is 0 Å². The Balaban J connectivity index is 0.000000218. The van der Waals surface area contributed by atoms with Gasteiger partial charge in [-0.25, -0.2) is 4.98 Å². The molecule has 0 spiro atoms. The van der Waals surface area contributed by atoms with E-state index in [4.69, 9.17) is 0 Å². The first kappa shape index (κ1) is 10.0. The zero-order chi connectivity index (χ0) is 8.85. The van der Waals surface area contributed by atoms with Crippen molar-refractivity contribution >= 4 is 0 Å². The standard InChI is InChI=1S/C5H8N2.CHF3/c1-4-3-6-5(2)7-4;2-1(3)4/h3H,1-2H3,(H,6,7);1H. The summed E-state index contributed by atoms with van der Waals surface area (Å²) >= 11 is 0. The molecule has 0 aliphatic heterocycles. The van der Waals surface area contributed by atoms with Crippen molar-refractivity contribution in [3.8, 4) is 0 Å². The van der Waals surface area contributed by atoms with Crippen molar-refractivity contribution in [2.24, 2.45) is 0 Å². The summed E-state index contributed by atoms with van der Waals surface area (Å²) in [5.41, 5.74) is 1.12. The van der Waals surface area contributed by atoms with Crippen molar-refractivity contribution < 1.29 is 13.2 Å². The lowest BCUT2D eigenvalue weighted by Crippen LogP contribution is -1.70. The highest BCUT2D eigenvalue weighted by Crippen LogP contribution is 1.89. The van der Waals surface area contributed by atoms with Crippen LogP contribution in [0.25, 0.3) is 0 Å². The van der Waals surface area contributed by atoms with Crippen LogP contribution in [0.4, 0.5) is 13.2 Å². The SMILES string of the molecule is Cc1cnc(C)[nH]1.FC(F)F. The molecule has 0 radical (unpaired) electrons. The summed E-state index contributed by atoms with van der Waals surface area (Å²) in [5, 5.41) is 0. The highest BCUT2D eigenvalue weighted by molar-refractivity contribution is 4.95. The highest BCUT2D eigenvalue weighted by atomic mass is 19.4. The van der Waals surface area contributed by atoms with Crippen molar-refractivity contribution in [1.82, 2.24) is 9.97 Å². The molecule has 11 heavy (non-hydrogen) atoms. The first-order valence-electron chi connectivity index (χ1n) is 2.93. The molecule has 2 nitrogen and oxygen atoms in total. The first-order chi connectivity index (χ1) is 5.02. The van der Waals surface area contributed by atoms with Gasteiger partial charge in [0.2, 0.25) is 0 Å². The van der Waals surface area contributed by atoms with E-state index in [9.17, 15) is 13.2 Å². The van der Waals surface area contributed by atoms with Gasteiger partial charge in [0.25, 0.3) is 0 Å². The molecule has 0 fully saturated rings. The zero-order valence-corrected chi connectivity index (χ0v) is 6.24. The van der Waals surface area contributed by atoms with Gasteiger partial charge >= 0.3 is 6.68 Å². The van der Waals surface area contributed by atoms with Crippen molar-refractivity contribution in [3.05, 3.63) is 17.7 Å². The number of nitrogens with zero attached hydrogens (tertiary/aromatic N) is 1. The van der Waals surface area contributed by atoms with E-state index in [1.807, 2.05) is 20.0 Å². The van der Waals surface area contributed by atoms with Gasteiger partial charge in [0.05, 0.1) is 0 Å². The maximum Gasteiger partial charge on any atom is 0.379 e. The number of nitrogens with one attached hydrogen (secondary N) is 1. The van der Waals surface area contributed by atoms with E-state index in [1.54, 1.807) is 0 Å². The molecule has 0 saturated heterocycles. The van der Waals surface area contributed by atoms with Gasteiger partial charge in [0.15, 0.2) is 0 Å². The molecule has 0 bridgehead atoms. The molecule has 1 rings (SSSR count). The predicted molar refractivity (Wildman–Crippen MR) is 35.2 cm³/mol. The number of imidazole rings is 1. The molecule has 0 aliphatic rings. The Morgan fingerprint density at radius 1 is 1.36 bits per heavy atom. The fourth-order valence-corrected chi connectivity index (χ4v) is 0.544. The minimum atomic E-state index is -3.67. The number of aromatic amines is 1. The summed E-state index contributed by atoms with van der Waals surface area (Å²) < 4.78 is 29.0. The van der Waals surface area contributed by atoms with Gasteiger partial charge in [-0.3, -0.25) is 0 Å². The molecule has 1 heterocycles. The topological polar surface area (TPSA) is 28.7 Å². The maximum atomic E-state index is 9.67. The second kappa shape index (κ2) is 4.76. The number of hydrogen-bond donors (Lipinski definition) is 1. The van der Waals surface area contributed by atoms with E-state index >= 15 is 0 Å². The van der Waals surface area contributed by atoms with E-state index < -0.39 is 6.68 Å². The van der Waals surface area contributed by atoms with E-state index in [-0.39, 0.29) is 0 Å². The summed E-state index contributed by atoms with van der Waals surface area (Å²) in [6.45, 7) is 0.257.